The molecule has 146 valence electrons. The monoisotopic (exact) mass is 361 g/mol. The average Bonchev–Trinajstić information content (AvgIpc) is 2.56. The number of rotatable bonds is 8. The van der Waals surface area contributed by atoms with Gasteiger partial charge in [-0.25, -0.2) is 0 Å². The van der Waals surface area contributed by atoms with Crippen molar-refractivity contribution in [3.63, 3.8) is 0 Å². The summed E-state index contributed by atoms with van der Waals surface area (Å²) in [5.41, 5.74) is 0.353. The molecule has 0 aliphatic carbocycles. The van der Waals surface area contributed by atoms with Crippen LogP contribution in [0.15, 0.2) is 0 Å². The largest absolute Gasteiger partial charge is 0.379 e. The summed E-state index contributed by atoms with van der Waals surface area (Å²) in [5, 5.41) is 0.344. The number of carbonyl (C=O) groups is 1. The summed E-state index contributed by atoms with van der Waals surface area (Å²) in [6.07, 6.45) is 3.03. The first-order valence-corrected chi connectivity index (χ1v) is 10.8. The van der Waals surface area contributed by atoms with Crippen molar-refractivity contribution in [3.05, 3.63) is 0 Å². The van der Waals surface area contributed by atoms with Crippen LogP contribution in [0.5, 0.6) is 0 Å². The lowest BCUT2D eigenvalue weighted by Crippen LogP contribution is -2.37. The van der Waals surface area contributed by atoms with E-state index in [1.165, 1.54) is 18.2 Å². The molecule has 0 unspecified atom stereocenters. The Kier molecular flexibility index (Phi) is 17.9. The Morgan fingerprint density at radius 3 is 2.17 bits per heavy atom. The third-order valence-corrected chi connectivity index (χ3v) is 4.67. The third kappa shape index (κ3) is 15.5. The minimum atomic E-state index is 0.344. The molecule has 0 saturated carbocycles. The van der Waals surface area contributed by atoms with Gasteiger partial charge in [0, 0.05) is 31.8 Å². The third-order valence-electron chi connectivity index (χ3n) is 3.74. The van der Waals surface area contributed by atoms with Crippen LogP contribution in [-0.4, -0.2) is 48.6 Å². The number of ether oxygens (including phenoxy) is 1. The SMILES string of the molecule is CC.CC.CC(C)CC(C)(C)CCSC(=O)CCN1CCOCC1. The fraction of sp³-hybridized carbons (Fsp3) is 0.950. The topological polar surface area (TPSA) is 29.5 Å². The van der Waals surface area contributed by atoms with E-state index in [0.717, 1.165) is 50.9 Å². The normalized spacial score (nSPS) is 15.2. The van der Waals surface area contributed by atoms with Crippen molar-refractivity contribution in [2.45, 2.75) is 74.7 Å². The van der Waals surface area contributed by atoms with Crippen LogP contribution in [0.1, 0.15) is 74.7 Å². The first-order chi connectivity index (χ1) is 11.4. The molecule has 1 fully saturated rings. The maximum Gasteiger partial charge on any atom is 0.190 e. The van der Waals surface area contributed by atoms with Crippen molar-refractivity contribution in [2.75, 3.05) is 38.6 Å². The highest BCUT2D eigenvalue weighted by Crippen LogP contribution is 2.30. The molecule has 3 nitrogen and oxygen atoms in total. The zero-order valence-electron chi connectivity index (χ0n) is 17.6. The standard InChI is InChI=1S/C16H31NO2S.2C2H6/c1-14(2)13-16(3,4)6-12-20-15(18)5-7-17-8-10-19-11-9-17;2*1-2/h14H,5-13H2,1-4H3;2*1-2H3. The highest BCUT2D eigenvalue weighted by molar-refractivity contribution is 8.13. The summed E-state index contributed by atoms with van der Waals surface area (Å²) in [7, 11) is 0. The molecule has 0 bridgehead atoms. The molecule has 4 heteroatoms. The minimum absolute atomic E-state index is 0.344. The molecule has 24 heavy (non-hydrogen) atoms. The van der Waals surface area contributed by atoms with Crippen molar-refractivity contribution in [1.82, 2.24) is 4.90 Å². The summed E-state index contributed by atoms with van der Waals surface area (Å²) in [4.78, 5) is 14.2. The predicted molar refractivity (Wildman–Crippen MR) is 110 cm³/mol. The van der Waals surface area contributed by atoms with Gasteiger partial charge in [-0.2, -0.15) is 0 Å². The zero-order chi connectivity index (χ0) is 19.0. The molecular formula is C20H43NO2S. The van der Waals surface area contributed by atoms with Crippen molar-refractivity contribution < 1.29 is 9.53 Å². The van der Waals surface area contributed by atoms with Crippen LogP contribution in [0.3, 0.4) is 0 Å². The second-order valence-electron chi connectivity index (χ2n) is 6.94. The van der Waals surface area contributed by atoms with Crippen molar-refractivity contribution in [2.24, 2.45) is 11.3 Å². The molecule has 0 aromatic rings. The average molecular weight is 362 g/mol. The second kappa shape index (κ2) is 16.4. The maximum absolute atomic E-state index is 11.9. The lowest BCUT2D eigenvalue weighted by atomic mass is 9.82. The Morgan fingerprint density at radius 2 is 1.67 bits per heavy atom. The number of hydrogen-bond donors (Lipinski definition) is 0. The molecule has 0 atom stereocenters. The summed E-state index contributed by atoms with van der Waals surface area (Å²) in [5.74, 6) is 1.69. The number of hydrogen-bond acceptors (Lipinski definition) is 4. The molecule has 1 aliphatic rings. The Morgan fingerprint density at radius 1 is 1.12 bits per heavy atom. The van der Waals surface area contributed by atoms with Crippen LogP contribution in [0, 0.1) is 11.3 Å². The Hall–Kier alpha value is -0.0600. The van der Waals surface area contributed by atoms with E-state index in [1.54, 1.807) is 0 Å². The van der Waals surface area contributed by atoms with Gasteiger partial charge in [0.15, 0.2) is 5.12 Å². The van der Waals surface area contributed by atoms with Crippen LogP contribution in [0.4, 0.5) is 0 Å². The molecule has 1 rings (SSSR count). The van der Waals surface area contributed by atoms with Crippen LogP contribution in [0.2, 0.25) is 0 Å². The summed E-state index contributed by atoms with van der Waals surface area (Å²) in [6, 6.07) is 0. The second-order valence-corrected chi connectivity index (χ2v) is 8.09. The molecule has 0 N–H and O–H groups in total. The lowest BCUT2D eigenvalue weighted by Gasteiger charge is -2.27. The van der Waals surface area contributed by atoms with Crippen LogP contribution in [-0.2, 0) is 9.53 Å². The van der Waals surface area contributed by atoms with Gasteiger partial charge in [0.2, 0.25) is 0 Å². The van der Waals surface area contributed by atoms with E-state index >= 15 is 0 Å². The molecule has 0 aromatic carbocycles. The van der Waals surface area contributed by atoms with E-state index in [9.17, 15) is 4.79 Å². The molecule has 0 amide bonds. The Bertz CT molecular complexity index is 287. The molecule has 0 aromatic heterocycles. The highest BCUT2D eigenvalue weighted by atomic mass is 32.2. The van der Waals surface area contributed by atoms with E-state index in [4.69, 9.17) is 4.74 Å². The summed E-state index contributed by atoms with van der Waals surface area (Å²) < 4.78 is 5.31. The van der Waals surface area contributed by atoms with Crippen LogP contribution in [0.25, 0.3) is 0 Å². The van der Waals surface area contributed by atoms with Gasteiger partial charge >= 0.3 is 0 Å². The van der Waals surface area contributed by atoms with Crippen molar-refractivity contribution >= 4 is 16.9 Å². The van der Waals surface area contributed by atoms with Gasteiger partial charge in [0.25, 0.3) is 0 Å². The first-order valence-electron chi connectivity index (χ1n) is 9.85. The zero-order valence-corrected chi connectivity index (χ0v) is 18.4. The quantitative estimate of drug-likeness (QED) is 0.572. The van der Waals surface area contributed by atoms with Crippen molar-refractivity contribution in [1.29, 1.82) is 0 Å². The van der Waals surface area contributed by atoms with Gasteiger partial charge in [-0.1, -0.05) is 67.2 Å². The van der Waals surface area contributed by atoms with Gasteiger partial charge in [0.1, 0.15) is 0 Å². The number of carbonyl (C=O) groups excluding carboxylic acids is 1. The molecule has 0 spiro atoms. The molecule has 0 radical (unpaired) electrons. The van der Waals surface area contributed by atoms with Crippen molar-refractivity contribution in [3.8, 4) is 0 Å². The van der Waals surface area contributed by atoms with Gasteiger partial charge in [-0.15, -0.1) is 0 Å². The molecular weight excluding hydrogens is 318 g/mol. The summed E-state index contributed by atoms with van der Waals surface area (Å²) >= 11 is 1.52. The van der Waals surface area contributed by atoms with Crippen LogP contribution < -0.4 is 0 Å². The predicted octanol–water partition coefficient (Wildman–Crippen LogP) is 5.48. The van der Waals surface area contributed by atoms with E-state index in [-0.39, 0.29) is 0 Å². The first kappa shape index (κ1) is 26.2. The van der Waals surface area contributed by atoms with E-state index in [1.807, 2.05) is 27.7 Å². The number of thioether (sulfide) groups is 1. The maximum atomic E-state index is 11.9. The number of nitrogens with zero attached hydrogens (tertiary/aromatic N) is 1. The van der Waals surface area contributed by atoms with E-state index in [2.05, 4.69) is 32.6 Å². The van der Waals surface area contributed by atoms with E-state index < -0.39 is 0 Å². The van der Waals surface area contributed by atoms with Gasteiger partial charge < -0.3 is 4.74 Å². The summed E-state index contributed by atoms with van der Waals surface area (Å²) in [6.45, 7) is 21.6. The van der Waals surface area contributed by atoms with Crippen LogP contribution >= 0.6 is 11.8 Å². The highest BCUT2D eigenvalue weighted by Gasteiger charge is 2.20. The van der Waals surface area contributed by atoms with Gasteiger partial charge in [-0.05, 0) is 24.2 Å². The Balaban J connectivity index is 0. The smallest absolute Gasteiger partial charge is 0.190 e. The Labute approximate surface area is 156 Å². The van der Waals surface area contributed by atoms with E-state index in [0.29, 0.717) is 17.0 Å². The molecule has 1 aliphatic heterocycles. The fourth-order valence-electron chi connectivity index (χ4n) is 2.79. The fourth-order valence-corrected chi connectivity index (χ4v) is 3.91. The molecule has 1 saturated heterocycles. The van der Waals surface area contributed by atoms with Gasteiger partial charge in [-0.3, -0.25) is 9.69 Å². The van der Waals surface area contributed by atoms with Gasteiger partial charge in [0.05, 0.1) is 13.2 Å². The lowest BCUT2D eigenvalue weighted by molar-refractivity contribution is -0.111. The molecule has 1 heterocycles. The minimum Gasteiger partial charge on any atom is -0.379 e. The number of morpholine rings is 1.